The molecule has 2 amide bonds. The first-order valence-electron chi connectivity index (χ1n) is 14.2. The number of carbonyl (C=O) groups is 2. The zero-order chi connectivity index (χ0) is 32.8. The smallest absolute Gasteiger partial charge is 0.264 e. The zero-order valence-electron chi connectivity index (χ0n) is 25.1. The number of nitrogens with one attached hydrogen (secondary N) is 1. The van der Waals surface area contributed by atoms with Crippen LogP contribution >= 0.6 is 34.8 Å². The lowest BCUT2D eigenvalue weighted by molar-refractivity contribution is -0.140. The number of halogens is 3. The van der Waals surface area contributed by atoms with Crippen LogP contribution < -0.4 is 9.62 Å². The molecule has 0 aliphatic rings. The minimum absolute atomic E-state index is 0.0397. The zero-order valence-corrected chi connectivity index (χ0v) is 28.2. The Kier molecular flexibility index (Phi) is 11.2. The summed E-state index contributed by atoms with van der Waals surface area (Å²) in [6.45, 7) is 4.88. The molecule has 0 spiro atoms. The molecule has 0 saturated heterocycles. The quantitative estimate of drug-likeness (QED) is 0.178. The van der Waals surface area contributed by atoms with Gasteiger partial charge in [-0.1, -0.05) is 89.4 Å². The van der Waals surface area contributed by atoms with E-state index < -0.39 is 40.0 Å². The molecule has 1 N–H and O–H groups in total. The Bertz CT molecular complexity index is 1730. The molecule has 4 rings (SSSR count). The molecule has 0 aliphatic carbocycles. The van der Waals surface area contributed by atoms with Gasteiger partial charge in [-0.15, -0.1) is 0 Å². The van der Waals surface area contributed by atoms with E-state index in [1.54, 1.807) is 48.5 Å². The van der Waals surface area contributed by atoms with Gasteiger partial charge in [-0.25, -0.2) is 8.42 Å². The summed E-state index contributed by atoms with van der Waals surface area (Å²) < 4.78 is 29.1. The molecule has 0 saturated carbocycles. The summed E-state index contributed by atoms with van der Waals surface area (Å²) >= 11 is 18.7. The van der Waals surface area contributed by atoms with E-state index in [0.717, 1.165) is 9.87 Å². The van der Waals surface area contributed by atoms with E-state index in [1.807, 2.05) is 51.1 Å². The number of carbonyl (C=O) groups excluding carboxylic acids is 2. The lowest BCUT2D eigenvalue weighted by Gasteiger charge is -2.35. The van der Waals surface area contributed by atoms with Crippen molar-refractivity contribution in [3.05, 3.63) is 129 Å². The Morgan fingerprint density at radius 1 is 0.800 bits per heavy atom. The molecule has 4 aromatic carbocycles. The van der Waals surface area contributed by atoms with Crippen molar-refractivity contribution in [3.8, 4) is 0 Å². The van der Waals surface area contributed by atoms with Gasteiger partial charge in [0.05, 0.1) is 10.6 Å². The van der Waals surface area contributed by atoms with E-state index in [4.69, 9.17) is 34.8 Å². The maximum atomic E-state index is 14.5. The second-order valence-corrected chi connectivity index (χ2v) is 14.6. The minimum atomic E-state index is -4.24. The number of anilines is 1. The van der Waals surface area contributed by atoms with Gasteiger partial charge < -0.3 is 10.2 Å². The normalized spacial score (nSPS) is 12.3. The maximum Gasteiger partial charge on any atom is 0.264 e. The predicted molar refractivity (Wildman–Crippen MR) is 181 cm³/mol. The number of amides is 2. The molecule has 0 aliphatic heterocycles. The standard InChI is InChI=1S/C34H34Cl3N3O4S/c1-34(2,3)38-33(42)31(20-24-10-6-4-7-11-24)39(22-25-14-15-27(36)21-30(25)37)32(41)23-40(28-12-8-5-9-13-28)45(43,44)29-18-16-26(35)17-19-29/h4-19,21,31H,20,22-23H2,1-3H3,(H,38,42). The van der Waals surface area contributed by atoms with Crippen LogP contribution in [0.25, 0.3) is 0 Å². The molecule has 0 radical (unpaired) electrons. The third-order valence-electron chi connectivity index (χ3n) is 6.85. The molecule has 4 aromatic rings. The fourth-order valence-electron chi connectivity index (χ4n) is 4.70. The van der Waals surface area contributed by atoms with E-state index in [1.165, 1.54) is 29.2 Å². The summed E-state index contributed by atoms with van der Waals surface area (Å²) in [5, 5.41) is 4.09. The van der Waals surface area contributed by atoms with Gasteiger partial charge in [-0.2, -0.15) is 0 Å². The van der Waals surface area contributed by atoms with E-state index in [-0.39, 0.29) is 23.5 Å². The fourth-order valence-corrected chi connectivity index (χ4v) is 6.71. The Labute approximate surface area is 279 Å². The number of para-hydroxylation sites is 1. The van der Waals surface area contributed by atoms with Gasteiger partial charge >= 0.3 is 0 Å². The maximum absolute atomic E-state index is 14.5. The van der Waals surface area contributed by atoms with Crippen molar-refractivity contribution in [2.24, 2.45) is 0 Å². The number of benzene rings is 4. The lowest BCUT2D eigenvalue weighted by Crippen LogP contribution is -2.56. The monoisotopic (exact) mass is 685 g/mol. The third-order valence-corrected chi connectivity index (χ3v) is 9.48. The average Bonchev–Trinajstić information content (AvgIpc) is 2.98. The van der Waals surface area contributed by atoms with Crippen LogP contribution in [0.1, 0.15) is 31.9 Å². The van der Waals surface area contributed by atoms with E-state index in [9.17, 15) is 18.0 Å². The van der Waals surface area contributed by atoms with Gasteiger partial charge in [0.25, 0.3) is 10.0 Å². The topological polar surface area (TPSA) is 86.8 Å². The SMILES string of the molecule is CC(C)(C)NC(=O)C(Cc1ccccc1)N(Cc1ccc(Cl)cc1Cl)C(=O)CN(c1ccccc1)S(=O)(=O)c1ccc(Cl)cc1. The van der Waals surface area contributed by atoms with Crippen LogP contribution in [-0.4, -0.2) is 43.3 Å². The molecule has 0 heterocycles. The molecular formula is C34H34Cl3N3O4S. The molecule has 1 unspecified atom stereocenters. The highest BCUT2D eigenvalue weighted by Gasteiger charge is 2.36. The van der Waals surface area contributed by atoms with Crippen molar-refractivity contribution < 1.29 is 18.0 Å². The van der Waals surface area contributed by atoms with Crippen LogP contribution in [0.5, 0.6) is 0 Å². The predicted octanol–water partition coefficient (Wildman–Crippen LogP) is 7.40. The molecule has 0 bridgehead atoms. The molecule has 0 aromatic heterocycles. The summed E-state index contributed by atoms with van der Waals surface area (Å²) in [6, 6.07) is 27.2. The third kappa shape index (κ3) is 9.23. The first-order chi connectivity index (χ1) is 21.2. The van der Waals surface area contributed by atoms with Crippen molar-refractivity contribution in [1.29, 1.82) is 0 Å². The molecule has 7 nitrogen and oxygen atoms in total. The highest BCUT2D eigenvalue weighted by molar-refractivity contribution is 7.92. The van der Waals surface area contributed by atoms with Crippen molar-refractivity contribution in [1.82, 2.24) is 10.2 Å². The molecule has 0 fully saturated rings. The lowest BCUT2D eigenvalue weighted by atomic mass is 10.0. The summed E-state index contributed by atoms with van der Waals surface area (Å²) in [7, 11) is -4.24. The number of hydrogen-bond acceptors (Lipinski definition) is 4. The van der Waals surface area contributed by atoms with Gasteiger partial charge in [0, 0.05) is 33.6 Å². The highest BCUT2D eigenvalue weighted by atomic mass is 35.5. The Balaban J connectivity index is 1.82. The Morgan fingerprint density at radius 3 is 1.96 bits per heavy atom. The summed E-state index contributed by atoms with van der Waals surface area (Å²) in [4.78, 5) is 29.8. The summed E-state index contributed by atoms with van der Waals surface area (Å²) in [5.41, 5.74) is 1.04. The largest absolute Gasteiger partial charge is 0.350 e. The van der Waals surface area contributed by atoms with Crippen molar-refractivity contribution in [2.45, 2.75) is 50.2 Å². The number of rotatable bonds is 11. The molecule has 11 heteroatoms. The second-order valence-electron chi connectivity index (χ2n) is 11.5. The minimum Gasteiger partial charge on any atom is -0.350 e. The first-order valence-corrected chi connectivity index (χ1v) is 16.7. The van der Waals surface area contributed by atoms with Gasteiger partial charge in [0.15, 0.2) is 0 Å². The van der Waals surface area contributed by atoms with Crippen molar-refractivity contribution >= 4 is 62.3 Å². The first kappa shape index (κ1) is 34.3. The van der Waals surface area contributed by atoms with Crippen molar-refractivity contribution in [2.75, 3.05) is 10.8 Å². The Morgan fingerprint density at radius 2 is 1.38 bits per heavy atom. The van der Waals surface area contributed by atoms with Gasteiger partial charge in [-0.3, -0.25) is 13.9 Å². The van der Waals surface area contributed by atoms with Crippen LogP contribution in [0.15, 0.2) is 108 Å². The molecule has 1 atom stereocenters. The molecular weight excluding hydrogens is 653 g/mol. The van der Waals surface area contributed by atoms with Gasteiger partial charge in [0.1, 0.15) is 12.6 Å². The van der Waals surface area contributed by atoms with E-state index >= 15 is 0 Å². The number of hydrogen-bond donors (Lipinski definition) is 1. The Hall–Kier alpha value is -3.56. The van der Waals surface area contributed by atoms with E-state index in [2.05, 4.69) is 5.32 Å². The molecule has 236 valence electrons. The van der Waals surface area contributed by atoms with Crippen molar-refractivity contribution in [3.63, 3.8) is 0 Å². The van der Waals surface area contributed by atoms with Gasteiger partial charge in [0.2, 0.25) is 11.8 Å². The van der Waals surface area contributed by atoms with Crippen LogP contribution in [0.3, 0.4) is 0 Å². The summed E-state index contributed by atoms with van der Waals surface area (Å²) in [6.07, 6.45) is 0.176. The molecule has 45 heavy (non-hydrogen) atoms. The van der Waals surface area contributed by atoms with Crippen LogP contribution in [0.2, 0.25) is 15.1 Å². The average molecular weight is 687 g/mol. The number of nitrogens with zero attached hydrogens (tertiary/aromatic N) is 2. The fraction of sp³-hybridized carbons (Fsp3) is 0.235. The van der Waals surface area contributed by atoms with Gasteiger partial charge in [-0.05, 0) is 80.4 Å². The second kappa shape index (κ2) is 14.7. The number of sulfonamides is 1. The van der Waals surface area contributed by atoms with E-state index in [0.29, 0.717) is 20.6 Å². The van der Waals surface area contributed by atoms with Crippen LogP contribution in [-0.2, 0) is 32.6 Å². The van der Waals surface area contributed by atoms with Crippen LogP contribution in [0, 0.1) is 0 Å². The summed E-state index contributed by atoms with van der Waals surface area (Å²) in [5.74, 6) is -0.996. The highest BCUT2D eigenvalue weighted by Crippen LogP contribution is 2.28. The van der Waals surface area contributed by atoms with Crippen LogP contribution in [0.4, 0.5) is 5.69 Å².